The molecule has 0 aliphatic carbocycles. The third-order valence-electron chi connectivity index (χ3n) is 3.85. The lowest BCUT2D eigenvalue weighted by Gasteiger charge is -2.17. The minimum Gasteiger partial charge on any atom is -0.467 e. The van der Waals surface area contributed by atoms with Gasteiger partial charge in [0.15, 0.2) is 0 Å². The highest BCUT2D eigenvalue weighted by Gasteiger charge is 2.24. The van der Waals surface area contributed by atoms with Crippen LogP contribution in [0.2, 0.25) is 0 Å². The van der Waals surface area contributed by atoms with Crippen LogP contribution in [0.25, 0.3) is 0 Å². The fourth-order valence-electron chi connectivity index (χ4n) is 2.68. The highest BCUT2D eigenvalue weighted by atomic mass is 32.2. The third-order valence-corrected chi connectivity index (χ3v) is 5.41. The van der Waals surface area contributed by atoms with Gasteiger partial charge in [-0.15, -0.1) is 0 Å². The zero-order chi connectivity index (χ0) is 17.3. The Kier molecular flexibility index (Phi) is 4.47. The van der Waals surface area contributed by atoms with Crippen molar-refractivity contribution in [2.45, 2.75) is 31.3 Å². The predicted molar refractivity (Wildman–Crippen MR) is 98.9 cm³/mol. The Hall–Kier alpha value is -2.12. The average molecular weight is 362 g/mol. The van der Waals surface area contributed by atoms with Gasteiger partial charge in [0.1, 0.15) is 6.10 Å². The van der Waals surface area contributed by atoms with E-state index in [1.54, 1.807) is 30.3 Å². The van der Waals surface area contributed by atoms with Gasteiger partial charge >= 0.3 is 0 Å². The van der Waals surface area contributed by atoms with Gasteiger partial charge in [0, 0.05) is 17.7 Å². The second-order valence-electron chi connectivity index (χ2n) is 5.75. The van der Waals surface area contributed by atoms with Crippen molar-refractivity contribution in [1.29, 1.82) is 0 Å². The fraction of sp³-hybridized carbons (Fsp3) is 0.235. The molecule has 0 amide bonds. The molecule has 0 aromatic heterocycles. The van der Waals surface area contributed by atoms with Gasteiger partial charge in [0.25, 0.3) is 15.2 Å². The lowest BCUT2D eigenvalue weighted by Crippen LogP contribution is -2.17. The number of ether oxygens (including phenoxy) is 1. The highest BCUT2D eigenvalue weighted by molar-refractivity contribution is 7.92. The third kappa shape index (κ3) is 3.37. The second kappa shape index (κ2) is 6.41. The molecule has 2 aromatic rings. The van der Waals surface area contributed by atoms with Gasteiger partial charge in [-0.2, -0.15) is 0 Å². The normalized spacial score (nSPS) is 17.2. The number of fused-ring (bicyclic) bond motifs is 1. The number of hydrogen-bond acceptors (Lipinski definition) is 4. The summed E-state index contributed by atoms with van der Waals surface area (Å²) in [4.78, 5) is 0.225. The van der Waals surface area contributed by atoms with Gasteiger partial charge in [-0.3, -0.25) is 4.72 Å². The van der Waals surface area contributed by atoms with Gasteiger partial charge in [-0.05, 0) is 49.8 Å². The molecule has 1 atom stereocenters. The molecule has 1 aliphatic heterocycles. The molecule has 3 rings (SSSR count). The molecule has 7 heteroatoms. The Morgan fingerprint density at radius 3 is 2.62 bits per heavy atom. The monoisotopic (exact) mass is 362 g/mol. The minimum absolute atomic E-state index is 0.145. The molecule has 1 unspecified atom stereocenters. The Balaban J connectivity index is 2.06. The summed E-state index contributed by atoms with van der Waals surface area (Å²) in [5.74, 6) is 0. The lowest BCUT2D eigenvalue weighted by atomic mass is 10.0. The van der Waals surface area contributed by atoms with Crippen molar-refractivity contribution in [3.8, 4) is 0 Å². The van der Waals surface area contributed by atoms with Crippen LogP contribution in [0.3, 0.4) is 0 Å². The van der Waals surface area contributed by atoms with Gasteiger partial charge in [-0.1, -0.05) is 24.3 Å². The molecular weight excluding hydrogens is 344 g/mol. The van der Waals surface area contributed by atoms with Gasteiger partial charge in [-0.25, -0.2) is 8.42 Å². The van der Waals surface area contributed by atoms with Crippen LogP contribution >= 0.6 is 12.2 Å². The Morgan fingerprint density at radius 1 is 1.21 bits per heavy atom. The molecule has 0 radical (unpaired) electrons. The molecule has 1 aliphatic rings. The summed E-state index contributed by atoms with van der Waals surface area (Å²) in [6.45, 7) is 3.78. The predicted octanol–water partition coefficient (Wildman–Crippen LogP) is 3.45. The summed E-state index contributed by atoms with van der Waals surface area (Å²) in [7, 11) is -3.66. The first-order valence-corrected chi connectivity index (χ1v) is 9.44. The van der Waals surface area contributed by atoms with Crippen molar-refractivity contribution in [2.75, 3.05) is 10.0 Å². The van der Waals surface area contributed by atoms with Crippen molar-refractivity contribution in [1.82, 2.24) is 0 Å². The van der Waals surface area contributed by atoms with Crippen LogP contribution in [0.5, 0.6) is 0 Å². The van der Waals surface area contributed by atoms with Crippen molar-refractivity contribution in [2.24, 2.45) is 0 Å². The minimum atomic E-state index is -3.66. The van der Waals surface area contributed by atoms with E-state index in [1.165, 1.54) is 0 Å². The fourth-order valence-corrected chi connectivity index (χ4v) is 4.14. The molecule has 0 spiro atoms. The largest absolute Gasteiger partial charge is 0.467 e. The number of sulfonamides is 1. The van der Waals surface area contributed by atoms with E-state index in [2.05, 4.69) is 10.0 Å². The summed E-state index contributed by atoms with van der Waals surface area (Å²) < 4.78 is 33.6. The second-order valence-corrected chi connectivity index (χ2v) is 7.80. The first kappa shape index (κ1) is 16.7. The Bertz CT molecular complexity index is 880. The lowest BCUT2D eigenvalue weighted by molar-refractivity contribution is 0.217. The average Bonchev–Trinajstić information content (AvgIpc) is 2.68. The number of thiocarbonyl (C=S) groups is 1. The molecular formula is C17H18N2O3S2. The summed E-state index contributed by atoms with van der Waals surface area (Å²) in [6.07, 6.45) is 0.407. The molecule has 2 N–H and O–H groups in total. The molecule has 5 nitrogen and oxygen atoms in total. The van der Waals surface area contributed by atoms with E-state index >= 15 is 0 Å². The Morgan fingerprint density at radius 2 is 1.92 bits per heavy atom. The standard InChI is InChI=1S/C17H18N2O3S2/c1-11-8-9-15-14(10-12(2)22-17(23)18-15)16(11)19-24(20,21)13-6-4-3-5-7-13/h3-9,12,19H,10H2,1-2H3,(H,18,23). The molecule has 126 valence electrons. The van der Waals surface area contributed by atoms with Gasteiger partial charge in [0.05, 0.1) is 10.6 Å². The first-order chi connectivity index (χ1) is 11.4. The molecule has 1 heterocycles. The smallest absolute Gasteiger partial charge is 0.261 e. The number of anilines is 2. The van der Waals surface area contributed by atoms with E-state index in [0.29, 0.717) is 17.3 Å². The van der Waals surface area contributed by atoms with Crippen LogP contribution in [0.15, 0.2) is 47.4 Å². The summed E-state index contributed by atoms with van der Waals surface area (Å²) in [5, 5.41) is 3.31. The van der Waals surface area contributed by atoms with E-state index < -0.39 is 10.0 Å². The van der Waals surface area contributed by atoms with E-state index in [1.807, 2.05) is 26.0 Å². The van der Waals surface area contributed by atoms with Crippen LogP contribution in [-0.4, -0.2) is 19.7 Å². The van der Waals surface area contributed by atoms with Crippen LogP contribution in [0.4, 0.5) is 11.4 Å². The van der Waals surface area contributed by atoms with Crippen molar-refractivity contribution in [3.63, 3.8) is 0 Å². The summed E-state index contributed by atoms with van der Waals surface area (Å²) >= 11 is 5.14. The molecule has 0 bridgehead atoms. The van der Waals surface area contributed by atoms with E-state index in [0.717, 1.165) is 16.8 Å². The van der Waals surface area contributed by atoms with E-state index in [4.69, 9.17) is 17.0 Å². The SMILES string of the molecule is Cc1ccc2c(c1NS(=O)(=O)c1ccccc1)CC(C)OC(=S)N2. The maximum atomic E-state index is 12.7. The summed E-state index contributed by atoms with van der Waals surface area (Å²) in [5.41, 5.74) is 3.03. The molecule has 0 fully saturated rings. The maximum Gasteiger partial charge on any atom is 0.261 e. The quantitative estimate of drug-likeness (QED) is 0.819. The molecule has 0 saturated heterocycles. The van der Waals surface area contributed by atoms with Crippen molar-refractivity contribution < 1.29 is 13.2 Å². The van der Waals surface area contributed by atoms with Gasteiger partial charge in [0.2, 0.25) is 0 Å². The zero-order valence-electron chi connectivity index (χ0n) is 13.4. The summed E-state index contributed by atoms with van der Waals surface area (Å²) in [6, 6.07) is 12.1. The maximum absolute atomic E-state index is 12.7. The zero-order valence-corrected chi connectivity index (χ0v) is 15.0. The first-order valence-electron chi connectivity index (χ1n) is 7.55. The number of benzene rings is 2. The number of hydrogen-bond donors (Lipinski definition) is 2. The van der Waals surface area contributed by atoms with Crippen molar-refractivity contribution >= 4 is 38.8 Å². The van der Waals surface area contributed by atoms with E-state index in [9.17, 15) is 8.42 Å². The molecule has 0 saturated carbocycles. The van der Waals surface area contributed by atoms with Crippen LogP contribution in [-0.2, 0) is 21.2 Å². The number of rotatable bonds is 3. The van der Waals surface area contributed by atoms with Crippen LogP contribution < -0.4 is 10.0 Å². The Labute approximate surface area is 147 Å². The van der Waals surface area contributed by atoms with Gasteiger partial charge < -0.3 is 10.1 Å². The topological polar surface area (TPSA) is 67.4 Å². The van der Waals surface area contributed by atoms with Crippen LogP contribution in [0, 0.1) is 6.92 Å². The van der Waals surface area contributed by atoms with Crippen molar-refractivity contribution in [3.05, 3.63) is 53.6 Å². The highest BCUT2D eigenvalue weighted by Crippen LogP contribution is 2.33. The molecule has 24 heavy (non-hydrogen) atoms. The number of nitrogens with one attached hydrogen (secondary N) is 2. The number of aryl methyl sites for hydroxylation is 1. The molecule has 2 aromatic carbocycles. The van der Waals surface area contributed by atoms with Crippen LogP contribution in [0.1, 0.15) is 18.1 Å². The van der Waals surface area contributed by atoms with E-state index in [-0.39, 0.29) is 11.0 Å².